The van der Waals surface area contributed by atoms with Crippen molar-refractivity contribution in [1.29, 1.82) is 0 Å². The van der Waals surface area contributed by atoms with Gasteiger partial charge in [0.25, 0.3) is 0 Å². The number of nitrogens with one attached hydrogen (secondary N) is 2. The van der Waals surface area contributed by atoms with Crippen LogP contribution in [0.25, 0.3) is 10.8 Å². The van der Waals surface area contributed by atoms with E-state index in [0.29, 0.717) is 13.2 Å². The third-order valence-electron chi connectivity index (χ3n) is 5.06. The van der Waals surface area contributed by atoms with Crippen molar-refractivity contribution >= 4 is 40.7 Å². The normalized spacial score (nSPS) is 12.4. The number of methoxy groups -OCH3 is 1. The topological polar surface area (TPSA) is 76.4 Å². The number of hydrogen-bond acceptors (Lipinski definition) is 4. The molecule has 0 aliphatic rings. The summed E-state index contributed by atoms with van der Waals surface area (Å²) in [4.78, 5) is 4.72. The Bertz CT molecular complexity index is 958. The highest BCUT2D eigenvalue weighted by Crippen LogP contribution is 2.20. The molecule has 0 radical (unpaired) electrons. The first-order chi connectivity index (χ1) is 14.7. The van der Waals surface area contributed by atoms with Crippen LogP contribution in [-0.4, -0.2) is 47.5 Å². The van der Waals surface area contributed by atoms with Gasteiger partial charge in [0.05, 0.1) is 6.04 Å². The Hall–Kier alpha value is -2.20. The first-order valence-electron chi connectivity index (χ1n) is 10.6. The van der Waals surface area contributed by atoms with Gasteiger partial charge in [-0.1, -0.05) is 43.3 Å². The van der Waals surface area contributed by atoms with Crippen molar-refractivity contribution in [3.05, 3.63) is 60.2 Å². The maximum atomic E-state index is 5.14. The Morgan fingerprint density at radius 2 is 2.00 bits per heavy atom. The van der Waals surface area contributed by atoms with Gasteiger partial charge in [0.1, 0.15) is 12.2 Å². The minimum Gasteiger partial charge on any atom is -0.385 e. The largest absolute Gasteiger partial charge is 0.385 e. The van der Waals surface area contributed by atoms with Gasteiger partial charge in [-0.05, 0) is 35.7 Å². The van der Waals surface area contributed by atoms with Gasteiger partial charge in [0, 0.05) is 39.8 Å². The van der Waals surface area contributed by atoms with E-state index in [1.165, 1.54) is 16.3 Å². The highest BCUT2D eigenvalue weighted by atomic mass is 127. The molecule has 0 amide bonds. The van der Waals surface area contributed by atoms with E-state index in [9.17, 15) is 0 Å². The highest BCUT2D eigenvalue weighted by molar-refractivity contribution is 14.0. The summed E-state index contributed by atoms with van der Waals surface area (Å²) in [5.74, 6) is 1.80. The van der Waals surface area contributed by atoms with E-state index in [2.05, 4.69) is 81.7 Å². The Kier molecular flexibility index (Phi) is 10.7. The molecule has 0 bridgehead atoms. The minimum absolute atomic E-state index is 0. The molecule has 1 aromatic heterocycles. The van der Waals surface area contributed by atoms with Gasteiger partial charge in [-0.2, -0.15) is 0 Å². The summed E-state index contributed by atoms with van der Waals surface area (Å²) < 4.78 is 7.22. The van der Waals surface area contributed by atoms with E-state index in [4.69, 9.17) is 9.73 Å². The molecule has 0 saturated heterocycles. The standard InChI is InChI=1S/C23H32N6O.HI/c1-4-22-28-26-17-29(22)14-13-25-23(24-12-7-15-30-3)27-18(2)20-11-10-19-8-5-6-9-21(19)16-20;/h5-6,8-11,16-18H,4,7,12-15H2,1-3H3,(H2,24,25,27);1H. The minimum atomic E-state index is 0. The molecule has 7 nitrogen and oxygen atoms in total. The average Bonchev–Trinajstić information content (AvgIpc) is 3.23. The molecule has 0 aliphatic carbocycles. The summed E-state index contributed by atoms with van der Waals surface area (Å²) in [5.41, 5.74) is 1.23. The van der Waals surface area contributed by atoms with Crippen LogP contribution in [0.5, 0.6) is 0 Å². The van der Waals surface area contributed by atoms with Crippen LogP contribution in [0, 0.1) is 0 Å². The fourth-order valence-corrected chi connectivity index (χ4v) is 3.35. The number of aliphatic imine (C=N–C) groups is 1. The number of rotatable bonds is 10. The number of guanidine groups is 1. The molecule has 31 heavy (non-hydrogen) atoms. The smallest absolute Gasteiger partial charge is 0.191 e. The quantitative estimate of drug-likeness (QED) is 0.178. The zero-order valence-corrected chi connectivity index (χ0v) is 20.9. The van der Waals surface area contributed by atoms with E-state index in [1.54, 1.807) is 13.4 Å². The van der Waals surface area contributed by atoms with Gasteiger partial charge in [0.2, 0.25) is 0 Å². The summed E-state index contributed by atoms with van der Waals surface area (Å²) >= 11 is 0. The van der Waals surface area contributed by atoms with Crippen molar-refractivity contribution in [2.24, 2.45) is 4.99 Å². The number of benzene rings is 2. The zero-order chi connectivity index (χ0) is 21.2. The van der Waals surface area contributed by atoms with E-state index < -0.39 is 0 Å². The molecule has 0 aliphatic heterocycles. The van der Waals surface area contributed by atoms with Crippen LogP contribution in [0.15, 0.2) is 53.8 Å². The Morgan fingerprint density at radius 1 is 1.19 bits per heavy atom. The van der Waals surface area contributed by atoms with Crippen molar-refractivity contribution in [2.45, 2.75) is 39.3 Å². The monoisotopic (exact) mass is 536 g/mol. The number of aromatic nitrogens is 3. The fraction of sp³-hybridized carbons (Fsp3) is 0.435. The lowest BCUT2D eigenvalue weighted by Gasteiger charge is -2.19. The Balaban J connectivity index is 0.00000341. The number of halogens is 1. The summed E-state index contributed by atoms with van der Waals surface area (Å²) in [7, 11) is 1.72. The molecule has 168 valence electrons. The molecule has 0 spiro atoms. The predicted octanol–water partition coefficient (Wildman–Crippen LogP) is 3.94. The summed E-state index contributed by atoms with van der Waals surface area (Å²) in [6, 6.07) is 15.1. The molecule has 0 fully saturated rings. The number of aryl methyl sites for hydroxylation is 1. The van der Waals surface area contributed by atoms with Crippen LogP contribution in [-0.2, 0) is 17.7 Å². The summed E-state index contributed by atoms with van der Waals surface area (Å²) in [5, 5.41) is 17.6. The lowest BCUT2D eigenvalue weighted by atomic mass is 10.0. The van der Waals surface area contributed by atoms with Gasteiger partial charge in [-0.3, -0.25) is 4.99 Å². The summed E-state index contributed by atoms with van der Waals surface area (Å²) in [6.07, 6.45) is 3.54. The molecular weight excluding hydrogens is 503 g/mol. The van der Waals surface area contributed by atoms with Gasteiger partial charge in [-0.25, -0.2) is 0 Å². The number of ether oxygens (including phenoxy) is 1. The van der Waals surface area contributed by atoms with E-state index in [1.807, 2.05) is 0 Å². The molecular formula is C23H33IN6O. The maximum absolute atomic E-state index is 5.14. The lowest BCUT2D eigenvalue weighted by Crippen LogP contribution is -2.40. The molecule has 1 unspecified atom stereocenters. The second-order valence-electron chi connectivity index (χ2n) is 7.27. The van der Waals surface area contributed by atoms with Crippen molar-refractivity contribution < 1.29 is 4.74 Å². The van der Waals surface area contributed by atoms with E-state index in [-0.39, 0.29) is 30.0 Å². The Labute approximate surface area is 201 Å². The third-order valence-corrected chi connectivity index (χ3v) is 5.06. The van der Waals surface area contributed by atoms with Crippen molar-refractivity contribution in [3.8, 4) is 0 Å². The van der Waals surface area contributed by atoms with E-state index >= 15 is 0 Å². The van der Waals surface area contributed by atoms with Crippen molar-refractivity contribution in [2.75, 3.05) is 26.8 Å². The average molecular weight is 536 g/mol. The SMILES string of the molecule is CCc1nncn1CCNC(=NCCCOC)NC(C)c1ccc2ccccc2c1.I. The molecule has 1 atom stereocenters. The zero-order valence-electron chi connectivity index (χ0n) is 18.5. The molecule has 0 saturated carbocycles. The molecule has 1 heterocycles. The number of fused-ring (bicyclic) bond motifs is 1. The molecule has 2 N–H and O–H groups in total. The van der Waals surface area contributed by atoms with E-state index in [0.717, 1.165) is 37.7 Å². The predicted molar refractivity (Wildman–Crippen MR) is 137 cm³/mol. The first kappa shape index (κ1) is 25.1. The van der Waals surface area contributed by atoms with Gasteiger partial charge < -0.3 is 19.9 Å². The fourth-order valence-electron chi connectivity index (χ4n) is 3.35. The Morgan fingerprint density at radius 3 is 2.77 bits per heavy atom. The molecule has 3 rings (SSSR count). The maximum Gasteiger partial charge on any atom is 0.191 e. The van der Waals surface area contributed by atoms with Crippen LogP contribution in [0.3, 0.4) is 0 Å². The van der Waals surface area contributed by atoms with Crippen molar-refractivity contribution in [1.82, 2.24) is 25.4 Å². The molecule has 8 heteroatoms. The van der Waals surface area contributed by atoms with Crippen LogP contribution in [0.4, 0.5) is 0 Å². The van der Waals surface area contributed by atoms with Crippen LogP contribution < -0.4 is 10.6 Å². The summed E-state index contributed by atoms with van der Waals surface area (Å²) in [6.45, 7) is 7.19. The van der Waals surface area contributed by atoms with Gasteiger partial charge in [0.15, 0.2) is 5.96 Å². The molecule has 3 aromatic rings. The van der Waals surface area contributed by atoms with Gasteiger partial charge in [-0.15, -0.1) is 34.2 Å². The lowest BCUT2D eigenvalue weighted by molar-refractivity contribution is 0.197. The third kappa shape index (κ3) is 7.46. The second kappa shape index (κ2) is 13.3. The first-order valence-corrected chi connectivity index (χ1v) is 10.6. The van der Waals surface area contributed by atoms with Crippen molar-refractivity contribution in [3.63, 3.8) is 0 Å². The van der Waals surface area contributed by atoms with Gasteiger partial charge >= 0.3 is 0 Å². The second-order valence-corrected chi connectivity index (χ2v) is 7.27. The molecule has 2 aromatic carbocycles. The van der Waals surface area contributed by atoms with Crippen LogP contribution in [0.1, 0.15) is 37.7 Å². The highest BCUT2D eigenvalue weighted by Gasteiger charge is 2.09. The number of nitrogens with zero attached hydrogens (tertiary/aromatic N) is 4. The van der Waals surface area contributed by atoms with Crippen LogP contribution in [0.2, 0.25) is 0 Å². The van der Waals surface area contributed by atoms with Crippen LogP contribution >= 0.6 is 24.0 Å². The number of hydrogen-bond donors (Lipinski definition) is 2.